The van der Waals surface area contributed by atoms with Gasteiger partial charge in [0, 0.05) is 57.3 Å². The normalized spacial score (nSPS) is 15.7. The number of fused-ring (bicyclic) bond motifs is 3. The molecule has 3 aromatic carbocycles. The van der Waals surface area contributed by atoms with Crippen molar-refractivity contribution in [2.75, 3.05) is 37.6 Å². The minimum Gasteiger partial charge on any atom is -0.369 e. The third-order valence-corrected chi connectivity index (χ3v) is 6.41. The maximum absolute atomic E-state index is 13.0. The lowest BCUT2D eigenvalue weighted by Crippen LogP contribution is -2.47. The van der Waals surface area contributed by atoms with Gasteiger partial charge >= 0.3 is 6.18 Å². The molecular weight excluding hydrogens is 413 g/mol. The van der Waals surface area contributed by atoms with Gasteiger partial charge in [-0.05, 0) is 29.7 Å². The Morgan fingerprint density at radius 1 is 0.906 bits per heavy atom. The van der Waals surface area contributed by atoms with E-state index in [1.165, 1.54) is 22.9 Å². The molecule has 1 aromatic heterocycles. The van der Waals surface area contributed by atoms with Gasteiger partial charge in [-0.1, -0.05) is 36.4 Å². The first-order valence-electron chi connectivity index (χ1n) is 10.9. The standard InChI is InChI=1S/C25H25F3N4/c1-30-23(29-22-10-9-18-5-2-3-8-21(18)24(22)30)11-12-31-13-15-32(16-14-31)20-7-4-6-19(17-20)25(26,27)28/h2-10,17H,11-16H2,1H3. The highest BCUT2D eigenvalue weighted by atomic mass is 19.4. The summed E-state index contributed by atoms with van der Waals surface area (Å²) < 4.78 is 41.3. The summed E-state index contributed by atoms with van der Waals surface area (Å²) in [6.45, 7) is 3.96. The lowest BCUT2D eigenvalue weighted by molar-refractivity contribution is -0.137. The van der Waals surface area contributed by atoms with Gasteiger partial charge in [-0.3, -0.25) is 4.90 Å². The van der Waals surface area contributed by atoms with E-state index in [4.69, 9.17) is 4.98 Å². The molecule has 0 spiro atoms. The Morgan fingerprint density at radius 3 is 2.47 bits per heavy atom. The van der Waals surface area contributed by atoms with Gasteiger partial charge in [0.05, 0.1) is 16.6 Å². The van der Waals surface area contributed by atoms with Crippen molar-refractivity contribution in [2.24, 2.45) is 7.05 Å². The monoisotopic (exact) mass is 438 g/mol. The van der Waals surface area contributed by atoms with Crippen LogP contribution >= 0.6 is 0 Å². The number of benzene rings is 3. The van der Waals surface area contributed by atoms with E-state index in [9.17, 15) is 13.2 Å². The number of aromatic nitrogens is 2. The Kier molecular flexibility index (Phi) is 5.29. The molecule has 0 unspecified atom stereocenters. The van der Waals surface area contributed by atoms with Gasteiger partial charge < -0.3 is 9.47 Å². The zero-order valence-corrected chi connectivity index (χ0v) is 17.9. The SMILES string of the molecule is Cn1c(CCN2CCN(c3cccc(C(F)(F)F)c3)CC2)nc2ccc3ccccc3c21. The van der Waals surface area contributed by atoms with Crippen molar-refractivity contribution in [3.05, 3.63) is 72.1 Å². The van der Waals surface area contributed by atoms with E-state index in [1.807, 2.05) is 11.0 Å². The largest absolute Gasteiger partial charge is 0.416 e. The number of halogens is 3. The van der Waals surface area contributed by atoms with Crippen molar-refractivity contribution >= 4 is 27.5 Å². The van der Waals surface area contributed by atoms with Gasteiger partial charge in [0.2, 0.25) is 0 Å². The van der Waals surface area contributed by atoms with Crippen LogP contribution in [-0.2, 0) is 19.6 Å². The predicted molar refractivity (Wildman–Crippen MR) is 122 cm³/mol. The van der Waals surface area contributed by atoms with Gasteiger partial charge in [0.25, 0.3) is 0 Å². The lowest BCUT2D eigenvalue weighted by atomic mass is 10.1. The molecule has 4 nitrogen and oxygen atoms in total. The summed E-state index contributed by atoms with van der Waals surface area (Å²) in [5.74, 6) is 1.05. The summed E-state index contributed by atoms with van der Waals surface area (Å²) in [7, 11) is 2.07. The molecule has 2 heterocycles. The van der Waals surface area contributed by atoms with Crippen molar-refractivity contribution in [2.45, 2.75) is 12.6 Å². The Labute approximate surface area is 184 Å². The summed E-state index contributed by atoms with van der Waals surface area (Å²) in [6, 6.07) is 18.2. The molecular formula is C25H25F3N4. The van der Waals surface area contributed by atoms with Gasteiger partial charge in [0.15, 0.2) is 0 Å². The predicted octanol–water partition coefficient (Wildman–Crippen LogP) is 5.11. The van der Waals surface area contributed by atoms with E-state index in [1.54, 1.807) is 6.07 Å². The first-order chi connectivity index (χ1) is 15.4. The summed E-state index contributed by atoms with van der Waals surface area (Å²) in [5, 5.41) is 2.42. The Bertz CT molecular complexity index is 1250. The molecule has 1 fully saturated rings. The number of piperazine rings is 1. The maximum Gasteiger partial charge on any atom is 0.416 e. The number of anilines is 1. The molecule has 5 rings (SSSR count). The first-order valence-corrected chi connectivity index (χ1v) is 10.9. The van der Waals surface area contributed by atoms with Crippen molar-refractivity contribution in [3.63, 3.8) is 0 Å². The quantitative estimate of drug-likeness (QED) is 0.443. The van der Waals surface area contributed by atoms with Crippen LogP contribution < -0.4 is 4.90 Å². The highest BCUT2D eigenvalue weighted by Gasteiger charge is 2.31. The van der Waals surface area contributed by atoms with Crippen LogP contribution in [0, 0.1) is 0 Å². The number of imidazole rings is 1. The molecule has 1 saturated heterocycles. The number of alkyl halides is 3. The molecule has 4 aromatic rings. The van der Waals surface area contributed by atoms with Crippen LogP contribution in [-0.4, -0.2) is 47.2 Å². The molecule has 0 bridgehead atoms. The molecule has 0 amide bonds. The highest BCUT2D eigenvalue weighted by Crippen LogP contribution is 2.32. The Balaban J connectivity index is 1.24. The van der Waals surface area contributed by atoms with Gasteiger partial charge in [-0.25, -0.2) is 4.98 Å². The Morgan fingerprint density at radius 2 is 1.69 bits per heavy atom. The second-order valence-corrected chi connectivity index (χ2v) is 8.37. The number of aryl methyl sites for hydroxylation is 1. The summed E-state index contributed by atoms with van der Waals surface area (Å²) in [6.07, 6.45) is -3.47. The fourth-order valence-corrected chi connectivity index (χ4v) is 4.62. The van der Waals surface area contributed by atoms with E-state index >= 15 is 0 Å². The molecule has 0 saturated carbocycles. The van der Waals surface area contributed by atoms with Crippen molar-refractivity contribution in [3.8, 4) is 0 Å². The van der Waals surface area contributed by atoms with E-state index in [2.05, 4.69) is 46.8 Å². The van der Waals surface area contributed by atoms with Crippen LogP contribution in [0.5, 0.6) is 0 Å². The minimum absolute atomic E-state index is 0.591. The number of nitrogens with zero attached hydrogens (tertiary/aromatic N) is 4. The first kappa shape index (κ1) is 20.8. The topological polar surface area (TPSA) is 24.3 Å². The molecule has 0 N–H and O–H groups in total. The molecule has 1 aliphatic rings. The summed E-state index contributed by atoms with van der Waals surface area (Å²) in [4.78, 5) is 9.26. The minimum atomic E-state index is -4.31. The third kappa shape index (κ3) is 3.93. The Hall–Kier alpha value is -3.06. The van der Waals surface area contributed by atoms with Crippen LogP contribution in [0.25, 0.3) is 21.8 Å². The molecule has 0 atom stereocenters. The second kappa shape index (κ2) is 8.13. The third-order valence-electron chi connectivity index (χ3n) is 6.41. The van der Waals surface area contributed by atoms with Gasteiger partial charge in [-0.2, -0.15) is 13.2 Å². The maximum atomic E-state index is 13.0. The smallest absolute Gasteiger partial charge is 0.369 e. The van der Waals surface area contributed by atoms with Gasteiger partial charge in [0.1, 0.15) is 5.82 Å². The summed E-state index contributed by atoms with van der Waals surface area (Å²) in [5.41, 5.74) is 2.22. The summed E-state index contributed by atoms with van der Waals surface area (Å²) >= 11 is 0. The molecule has 0 aliphatic carbocycles. The molecule has 166 valence electrons. The number of hydrogen-bond acceptors (Lipinski definition) is 3. The zero-order valence-electron chi connectivity index (χ0n) is 17.9. The van der Waals surface area contributed by atoms with Gasteiger partial charge in [-0.15, -0.1) is 0 Å². The van der Waals surface area contributed by atoms with Crippen LogP contribution in [0.2, 0.25) is 0 Å². The van der Waals surface area contributed by atoms with E-state index in [0.717, 1.165) is 49.0 Å². The molecule has 7 heteroatoms. The zero-order chi connectivity index (χ0) is 22.3. The number of hydrogen-bond donors (Lipinski definition) is 0. The average Bonchev–Trinajstić information content (AvgIpc) is 3.13. The van der Waals surface area contributed by atoms with Crippen LogP contribution in [0.4, 0.5) is 18.9 Å². The van der Waals surface area contributed by atoms with Crippen LogP contribution in [0.3, 0.4) is 0 Å². The van der Waals surface area contributed by atoms with Crippen LogP contribution in [0.1, 0.15) is 11.4 Å². The molecule has 1 aliphatic heterocycles. The molecule has 32 heavy (non-hydrogen) atoms. The van der Waals surface area contributed by atoms with E-state index < -0.39 is 11.7 Å². The van der Waals surface area contributed by atoms with Crippen molar-refractivity contribution in [1.29, 1.82) is 0 Å². The fourth-order valence-electron chi connectivity index (χ4n) is 4.62. The highest BCUT2D eigenvalue weighted by molar-refractivity contribution is 6.04. The van der Waals surface area contributed by atoms with Crippen molar-refractivity contribution in [1.82, 2.24) is 14.5 Å². The molecule has 0 radical (unpaired) electrons. The second-order valence-electron chi connectivity index (χ2n) is 8.37. The van der Waals surface area contributed by atoms with E-state index in [-0.39, 0.29) is 0 Å². The fraction of sp³-hybridized carbons (Fsp3) is 0.320. The average molecular weight is 438 g/mol. The lowest BCUT2D eigenvalue weighted by Gasteiger charge is -2.36. The van der Waals surface area contributed by atoms with E-state index in [0.29, 0.717) is 18.8 Å². The van der Waals surface area contributed by atoms with Crippen molar-refractivity contribution < 1.29 is 13.2 Å². The van der Waals surface area contributed by atoms with Crippen LogP contribution in [0.15, 0.2) is 60.7 Å². The number of rotatable bonds is 4.